The number of carbonyl (C=O) groups is 1. The predicted octanol–water partition coefficient (Wildman–Crippen LogP) is 7.55. The molecule has 1 spiro atoms. The van der Waals surface area contributed by atoms with E-state index in [-0.39, 0.29) is 20.1 Å². The van der Waals surface area contributed by atoms with Crippen LogP contribution < -0.4 is 0 Å². The van der Waals surface area contributed by atoms with Crippen molar-refractivity contribution in [3.63, 3.8) is 0 Å². The van der Waals surface area contributed by atoms with E-state index < -0.39 is 23.4 Å². The average molecular weight is 495 g/mol. The zero-order valence-corrected chi connectivity index (χ0v) is 18.4. The zero-order chi connectivity index (χ0) is 20.2. The van der Waals surface area contributed by atoms with Gasteiger partial charge in [0.25, 0.3) is 0 Å². The second-order valence-corrected chi connectivity index (χ2v) is 8.75. The Morgan fingerprint density at radius 3 is 1.93 bits per heavy atom. The van der Waals surface area contributed by atoms with Crippen molar-refractivity contribution in [3.05, 3.63) is 89.8 Å². The Hall–Kier alpha value is -0.710. The molecule has 1 heterocycles. The fraction of sp³-hybridized carbons (Fsp3) is 0.150. The van der Waals surface area contributed by atoms with Gasteiger partial charge in [-0.3, -0.25) is 4.79 Å². The molecule has 8 heteroatoms. The van der Waals surface area contributed by atoms with E-state index in [1.807, 2.05) is 36.4 Å². The van der Waals surface area contributed by atoms with Gasteiger partial charge < -0.3 is 4.74 Å². The molecule has 0 N–H and O–H groups in total. The van der Waals surface area contributed by atoms with E-state index in [1.54, 1.807) is 12.1 Å². The summed E-state index contributed by atoms with van der Waals surface area (Å²) < 4.78 is 6.23. The minimum absolute atomic E-state index is 0.00294. The lowest BCUT2D eigenvalue weighted by molar-refractivity contribution is -0.183. The zero-order valence-electron chi connectivity index (χ0n) is 13.9. The number of carbonyl (C=O) groups excluding carboxylic acids is 1. The first-order valence-electron chi connectivity index (χ1n) is 8.13. The first kappa shape index (κ1) is 20.6. The Labute approximate surface area is 191 Å². The Morgan fingerprint density at radius 2 is 1.36 bits per heavy atom. The summed E-state index contributed by atoms with van der Waals surface area (Å²) in [6.07, 6.45) is -0.414. The van der Waals surface area contributed by atoms with Crippen molar-refractivity contribution in [2.45, 2.75) is 17.6 Å². The molecule has 0 aromatic heterocycles. The van der Waals surface area contributed by atoms with E-state index in [0.717, 1.165) is 11.1 Å². The molecule has 2 atom stereocenters. The molecule has 2 unspecified atom stereocenters. The van der Waals surface area contributed by atoms with E-state index in [4.69, 9.17) is 74.3 Å². The summed E-state index contributed by atoms with van der Waals surface area (Å²) >= 11 is 37.7. The van der Waals surface area contributed by atoms with Crippen LogP contribution in [0.15, 0.2) is 68.7 Å². The lowest BCUT2D eigenvalue weighted by Crippen LogP contribution is -2.56. The summed E-state index contributed by atoms with van der Waals surface area (Å²) in [5.41, 5.74) is 0.305. The molecule has 1 aliphatic heterocycles. The van der Waals surface area contributed by atoms with Crippen LogP contribution in [0.3, 0.4) is 0 Å². The van der Waals surface area contributed by atoms with Crippen molar-refractivity contribution < 1.29 is 9.53 Å². The van der Waals surface area contributed by atoms with Gasteiger partial charge in [0.2, 0.25) is 5.78 Å². The third kappa shape index (κ3) is 2.94. The van der Waals surface area contributed by atoms with E-state index >= 15 is 0 Å². The maximum Gasteiger partial charge on any atom is 0.218 e. The highest BCUT2D eigenvalue weighted by Crippen LogP contribution is 2.65. The fourth-order valence-electron chi connectivity index (χ4n) is 3.60. The van der Waals surface area contributed by atoms with Gasteiger partial charge in [0, 0.05) is 0 Å². The number of ketones is 1. The van der Waals surface area contributed by atoms with Crippen LogP contribution in [0.4, 0.5) is 0 Å². The molecule has 2 aromatic rings. The second-order valence-electron chi connectivity index (χ2n) is 6.42. The van der Waals surface area contributed by atoms with Crippen LogP contribution in [0.25, 0.3) is 0 Å². The van der Waals surface area contributed by atoms with Crippen LogP contribution >= 0.6 is 69.6 Å². The fourth-order valence-corrected chi connectivity index (χ4v) is 5.15. The van der Waals surface area contributed by atoms with Gasteiger partial charge in [0.15, 0.2) is 5.60 Å². The number of hydrogen-bond acceptors (Lipinski definition) is 2. The van der Waals surface area contributed by atoms with E-state index in [1.165, 1.54) is 0 Å². The summed E-state index contributed by atoms with van der Waals surface area (Å²) in [5, 5.41) is 0.348. The van der Waals surface area contributed by atoms with Crippen molar-refractivity contribution in [2.24, 2.45) is 0 Å². The first-order valence-corrected chi connectivity index (χ1v) is 10.4. The van der Waals surface area contributed by atoms with Crippen molar-refractivity contribution in [2.75, 3.05) is 0 Å². The second kappa shape index (κ2) is 7.52. The minimum atomic E-state index is -1.37. The van der Waals surface area contributed by atoms with Crippen molar-refractivity contribution in [3.8, 4) is 0 Å². The number of rotatable bonds is 2. The summed E-state index contributed by atoms with van der Waals surface area (Å²) in [4.78, 5) is 12.2. The molecule has 0 amide bonds. The lowest BCUT2D eigenvalue weighted by atomic mass is 9.68. The third-order valence-electron chi connectivity index (χ3n) is 4.92. The molecule has 1 aliphatic carbocycles. The maximum atomic E-state index is 12.2. The van der Waals surface area contributed by atoms with Crippen LogP contribution in [0.1, 0.15) is 23.1 Å². The summed E-state index contributed by atoms with van der Waals surface area (Å²) in [6, 6.07) is 14.8. The van der Waals surface area contributed by atoms with Gasteiger partial charge in [0.05, 0.1) is 32.1 Å². The normalized spacial score (nSPS) is 24.0. The van der Waals surface area contributed by atoms with Crippen LogP contribution in [-0.4, -0.2) is 11.4 Å². The molecule has 1 fully saturated rings. The van der Waals surface area contributed by atoms with Gasteiger partial charge in [-0.15, -0.1) is 0 Å². The van der Waals surface area contributed by atoms with E-state index in [0.29, 0.717) is 10.0 Å². The molecule has 2 nitrogen and oxygen atoms in total. The number of allylic oxidation sites excluding steroid dienone is 2. The summed E-state index contributed by atoms with van der Waals surface area (Å²) in [6.45, 7) is 0. The largest absolute Gasteiger partial charge is 0.354 e. The van der Waals surface area contributed by atoms with Gasteiger partial charge in [-0.1, -0.05) is 106 Å². The SMILES string of the molecule is O=C1C(Cl)=C(Cl)C2(OC(c3ccccc3)C2c2ccc(Cl)c(Cl)c2)C(Cl)=C1Cl. The number of ether oxygens (including phenoxy) is 1. The predicted molar refractivity (Wildman–Crippen MR) is 115 cm³/mol. The van der Waals surface area contributed by atoms with Gasteiger partial charge in [-0.25, -0.2) is 0 Å². The molecule has 28 heavy (non-hydrogen) atoms. The van der Waals surface area contributed by atoms with Crippen LogP contribution in [0.2, 0.25) is 10.0 Å². The number of Topliss-reactive ketones (excluding diaryl/α,β-unsaturated/α-hetero) is 1. The van der Waals surface area contributed by atoms with Crippen molar-refractivity contribution in [1.29, 1.82) is 0 Å². The molecule has 2 aliphatic rings. The molecule has 0 bridgehead atoms. The molecular weight excluding hydrogens is 485 g/mol. The maximum absolute atomic E-state index is 12.2. The van der Waals surface area contributed by atoms with Gasteiger partial charge in [-0.05, 0) is 23.3 Å². The van der Waals surface area contributed by atoms with Gasteiger partial charge in [0.1, 0.15) is 10.1 Å². The Kier molecular flexibility index (Phi) is 5.52. The quantitative estimate of drug-likeness (QED) is 0.431. The smallest absolute Gasteiger partial charge is 0.218 e. The minimum Gasteiger partial charge on any atom is -0.354 e. The highest BCUT2D eigenvalue weighted by atomic mass is 35.5. The number of hydrogen-bond donors (Lipinski definition) is 0. The Balaban J connectivity index is 1.93. The van der Waals surface area contributed by atoms with Crippen molar-refractivity contribution >= 4 is 75.4 Å². The van der Waals surface area contributed by atoms with Gasteiger partial charge >= 0.3 is 0 Å². The van der Waals surface area contributed by atoms with Crippen LogP contribution in [0.5, 0.6) is 0 Å². The number of benzene rings is 2. The summed E-state index contributed by atoms with van der Waals surface area (Å²) in [5.74, 6) is -1.07. The molecule has 1 saturated heterocycles. The average Bonchev–Trinajstić information content (AvgIpc) is 2.68. The number of halogens is 6. The molecule has 0 saturated carbocycles. The summed E-state index contributed by atoms with van der Waals surface area (Å²) in [7, 11) is 0. The third-order valence-corrected chi connectivity index (χ3v) is 7.51. The monoisotopic (exact) mass is 492 g/mol. The molecule has 144 valence electrons. The first-order chi connectivity index (χ1) is 13.3. The van der Waals surface area contributed by atoms with Crippen molar-refractivity contribution in [1.82, 2.24) is 0 Å². The van der Waals surface area contributed by atoms with Crippen LogP contribution in [-0.2, 0) is 9.53 Å². The Morgan fingerprint density at radius 1 is 0.750 bits per heavy atom. The molecule has 4 rings (SSSR count). The van der Waals surface area contributed by atoms with E-state index in [9.17, 15) is 4.79 Å². The Bertz CT molecular complexity index is 1020. The van der Waals surface area contributed by atoms with Crippen LogP contribution in [0, 0.1) is 0 Å². The molecule has 0 radical (unpaired) electrons. The highest BCUT2D eigenvalue weighted by molar-refractivity contribution is 6.61. The van der Waals surface area contributed by atoms with Gasteiger partial charge in [-0.2, -0.15) is 0 Å². The molecular formula is C20H10Cl6O2. The highest BCUT2D eigenvalue weighted by Gasteiger charge is 2.64. The molecule has 2 aromatic carbocycles. The topological polar surface area (TPSA) is 26.3 Å². The standard InChI is InChI=1S/C20H10Cl6O2/c21-11-7-6-10(8-12(11)22)13-17(9-4-2-1-3-5-9)28-20(13)18(25)14(23)16(27)15(24)19(20)26/h1-8,13,17H. The van der Waals surface area contributed by atoms with E-state index in [2.05, 4.69) is 0 Å². The lowest BCUT2D eigenvalue weighted by Gasteiger charge is -2.56.